The zero-order chi connectivity index (χ0) is 14.7. The van der Waals surface area contributed by atoms with Crippen LogP contribution in [-0.4, -0.2) is 28.6 Å². The molecule has 1 atom stereocenters. The van der Waals surface area contributed by atoms with Gasteiger partial charge in [0, 0.05) is 10.9 Å². The molecule has 3 rings (SSSR count). The van der Waals surface area contributed by atoms with Gasteiger partial charge in [0.2, 0.25) is 11.7 Å². The summed E-state index contributed by atoms with van der Waals surface area (Å²) in [6.45, 7) is 3.02. The molecule has 0 saturated heterocycles. The maximum absolute atomic E-state index is 5.53. The third kappa shape index (κ3) is 2.89. The number of benzene rings is 1. The van der Waals surface area contributed by atoms with E-state index in [0.29, 0.717) is 11.7 Å². The molecule has 0 amide bonds. The van der Waals surface area contributed by atoms with Crippen LogP contribution in [0.25, 0.3) is 11.4 Å². The van der Waals surface area contributed by atoms with E-state index in [1.165, 1.54) is 0 Å². The van der Waals surface area contributed by atoms with Crippen LogP contribution in [0, 0.1) is 0 Å². The van der Waals surface area contributed by atoms with Gasteiger partial charge in [-0.25, -0.2) is 0 Å². The highest BCUT2D eigenvalue weighted by Gasteiger charge is 2.24. The summed E-state index contributed by atoms with van der Waals surface area (Å²) in [4.78, 5) is 6.78. The fourth-order valence-corrected chi connectivity index (χ4v) is 2.89. The molecule has 0 fully saturated rings. The fraction of sp³-hybridized carbons (Fsp3) is 0.250. The second-order valence-corrected chi connectivity index (χ2v) is 5.63. The van der Waals surface area contributed by atoms with E-state index >= 15 is 0 Å². The lowest BCUT2D eigenvalue weighted by atomic mass is 10.1. The molecule has 4 nitrogen and oxygen atoms in total. The third-order valence-electron chi connectivity index (χ3n) is 3.51. The molecule has 0 unspecified atom stereocenters. The molecule has 0 aliphatic carbocycles. The summed E-state index contributed by atoms with van der Waals surface area (Å²) in [5, 5.41) is 8.15. The van der Waals surface area contributed by atoms with Gasteiger partial charge >= 0.3 is 0 Å². The van der Waals surface area contributed by atoms with Crippen LogP contribution in [-0.2, 0) is 0 Å². The van der Waals surface area contributed by atoms with Crippen molar-refractivity contribution < 1.29 is 4.52 Å². The fourth-order valence-electron chi connectivity index (χ4n) is 2.26. The maximum Gasteiger partial charge on any atom is 0.248 e. The Kier molecular flexibility index (Phi) is 4.13. The predicted octanol–water partition coefficient (Wildman–Crippen LogP) is 3.84. The van der Waals surface area contributed by atoms with Crippen molar-refractivity contribution in [1.82, 2.24) is 15.0 Å². The molecule has 21 heavy (non-hydrogen) atoms. The first-order valence-corrected chi connectivity index (χ1v) is 7.85. The second kappa shape index (κ2) is 6.20. The molecule has 0 radical (unpaired) electrons. The average molecular weight is 299 g/mol. The van der Waals surface area contributed by atoms with Gasteiger partial charge in [-0.3, -0.25) is 4.90 Å². The van der Waals surface area contributed by atoms with Crippen LogP contribution < -0.4 is 0 Å². The van der Waals surface area contributed by atoms with Gasteiger partial charge in [0.25, 0.3) is 0 Å². The van der Waals surface area contributed by atoms with Crippen molar-refractivity contribution in [3.63, 3.8) is 0 Å². The van der Waals surface area contributed by atoms with E-state index in [4.69, 9.17) is 4.52 Å². The van der Waals surface area contributed by atoms with E-state index in [1.807, 2.05) is 35.0 Å². The van der Waals surface area contributed by atoms with Gasteiger partial charge in [0.05, 0.1) is 0 Å². The lowest BCUT2D eigenvalue weighted by molar-refractivity contribution is 0.234. The number of aromatic nitrogens is 2. The van der Waals surface area contributed by atoms with E-state index < -0.39 is 0 Å². The first-order valence-electron chi connectivity index (χ1n) is 6.91. The topological polar surface area (TPSA) is 42.2 Å². The van der Waals surface area contributed by atoms with Gasteiger partial charge in [-0.15, -0.1) is 0 Å². The number of hydrogen-bond donors (Lipinski definition) is 0. The van der Waals surface area contributed by atoms with Gasteiger partial charge in [0.1, 0.15) is 6.04 Å². The Labute approximate surface area is 128 Å². The van der Waals surface area contributed by atoms with Crippen LogP contribution in [0.15, 0.2) is 51.7 Å². The largest absolute Gasteiger partial charge is 0.337 e. The number of rotatable bonds is 5. The van der Waals surface area contributed by atoms with Gasteiger partial charge in [0.15, 0.2) is 0 Å². The quantitative estimate of drug-likeness (QED) is 0.718. The second-order valence-electron chi connectivity index (χ2n) is 4.85. The Bertz CT molecular complexity index is 679. The predicted molar refractivity (Wildman–Crippen MR) is 84.2 cm³/mol. The van der Waals surface area contributed by atoms with E-state index in [2.05, 4.69) is 41.1 Å². The van der Waals surface area contributed by atoms with Crippen LogP contribution in [0.4, 0.5) is 0 Å². The molecule has 0 saturated carbocycles. The van der Waals surface area contributed by atoms with Crippen molar-refractivity contribution in [1.29, 1.82) is 0 Å². The molecule has 0 spiro atoms. The number of thiophene rings is 1. The minimum Gasteiger partial charge on any atom is -0.337 e. The molecule has 0 aliphatic heterocycles. The van der Waals surface area contributed by atoms with Crippen LogP contribution in [0.2, 0.25) is 0 Å². The van der Waals surface area contributed by atoms with Gasteiger partial charge in [-0.05, 0) is 30.6 Å². The smallest absolute Gasteiger partial charge is 0.248 e. The molecule has 108 valence electrons. The molecule has 3 aromatic rings. The highest BCUT2D eigenvalue weighted by Crippen LogP contribution is 2.28. The van der Waals surface area contributed by atoms with E-state index in [9.17, 15) is 0 Å². The first-order chi connectivity index (χ1) is 10.3. The standard InChI is InChI=1S/C16H17N3OS/c1-3-19(2)14(12-7-5-4-6-8-12)16-17-15(18-20-16)13-9-10-21-11-13/h4-11,14H,3H2,1-2H3/t14-/m1/s1. The number of nitrogens with zero attached hydrogens (tertiary/aromatic N) is 3. The summed E-state index contributed by atoms with van der Waals surface area (Å²) < 4.78 is 5.53. The Morgan fingerprint density at radius 2 is 2.05 bits per heavy atom. The first kappa shape index (κ1) is 14.0. The van der Waals surface area contributed by atoms with E-state index in [-0.39, 0.29) is 6.04 Å². The average Bonchev–Trinajstić information content (AvgIpc) is 3.19. The SMILES string of the molecule is CCN(C)[C@H](c1ccccc1)c1nc(-c2ccsc2)no1. The van der Waals surface area contributed by atoms with E-state index in [1.54, 1.807) is 11.3 Å². The van der Waals surface area contributed by atoms with Crippen LogP contribution in [0.5, 0.6) is 0 Å². The zero-order valence-electron chi connectivity index (χ0n) is 12.1. The Balaban J connectivity index is 1.98. The van der Waals surface area contributed by atoms with Gasteiger partial charge < -0.3 is 4.52 Å². The lowest BCUT2D eigenvalue weighted by Gasteiger charge is -2.23. The molecule has 0 N–H and O–H groups in total. The van der Waals surface area contributed by atoms with Crippen molar-refractivity contribution in [2.24, 2.45) is 0 Å². The highest BCUT2D eigenvalue weighted by molar-refractivity contribution is 7.08. The Hall–Kier alpha value is -1.98. The molecule has 5 heteroatoms. The van der Waals surface area contributed by atoms with Crippen LogP contribution >= 0.6 is 11.3 Å². The lowest BCUT2D eigenvalue weighted by Crippen LogP contribution is -2.25. The molecule has 0 aliphatic rings. The molecule has 1 aromatic carbocycles. The summed E-state index contributed by atoms with van der Waals surface area (Å²) in [7, 11) is 2.06. The molecular weight excluding hydrogens is 282 g/mol. The van der Waals surface area contributed by atoms with Crippen molar-refractivity contribution in [2.75, 3.05) is 13.6 Å². The Morgan fingerprint density at radius 3 is 2.71 bits per heavy atom. The van der Waals surface area contributed by atoms with Crippen LogP contribution in [0.3, 0.4) is 0 Å². The zero-order valence-corrected chi connectivity index (χ0v) is 12.9. The van der Waals surface area contributed by atoms with Crippen LogP contribution in [0.1, 0.15) is 24.4 Å². The summed E-state index contributed by atoms with van der Waals surface area (Å²) in [6.07, 6.45) is 0. The monoisotopic (exact) mass is 299 g/mol. The third-order valence-corrected chi connectivity index (χ3v) is 4.19. The van der Waals surface area contributed by atoms with Crippen molar-refractivity contribution in [3.8, 4) is 11.4 Å². The highest BCUT2D eigenvalue weighted by atomic mass is 32.1. The minimum atomic E-state index is -0.0175. The normalized spacial score (nSPS) is 12.7. The molecular formula is C16H17N3OS. The van der Waals surface area contributed by atoms with Gasteiger partial charge in [-0.2, -0.15) is 16.3 Å². The van der Waals surface area contributed by atoms with Crippen molar-refractivity contribution in [2.45, 2.75) is 13.0 Å². The summed E-state index contributed by atoms with van der Waals surface area (Å²) >= 11 is 1.63. The number of hydrogen-bond acceptors (Lipinski definition) is 5. The molecule has 2 heterocycles. The molecule has 2 aromatic heterocycles. The van der Waals surface area contributed by atoms with E-state index in [0.717, 1.165) is 17.7 Å². The Morgan fingerprint density at radius 1 is 1.24 bits per heavy atom. The summed E-state index contributed by atoms with van der Waals surface area (Å²) in [5.74, 6) is 1.28. The maximum atomic E-state index is 5.53. The summed E-state index contributed by atoms with van der Waals surface area (Å²) in [5.41, 5.74) is 2.16. The summed E-state index contributed by atoms with van der Waals surface area (Å²) in [6, 6.07) is 12.2. The minimum absolute atomic E-state index is 0.0175. The van der Waals surface area contributed by atoms with Crippen molar-refractivity contribution >= 4 is 11.3 Å². The van der Waals surface area contributed by atoms with Gasteiger partial charge in [-0.1, -0.05) is 42.4 Å². The van der Waals surface area contributed by atoms with Crippen molar-refractivity contribution in [3.05, 3.63) is 58.6 Å². The molecule has 0 bridgehead atoms.